The van der Waals surface area contributed by atoms with Crippen LogP contribution in [0.4, 0.5) is 4.79 Å². The van der Waals surface area contributed by atoms with Gasteiger partial charge in [-0.1, -0.05) is 41.0 Å². The molecule has 0 aromatic carbocycles. The quantitative estimate of drug-likeness (QED) is 0.0250. The second-order valence-electron chi connectivity index (χ2n) is 12.9. The molecule has 0 aromatic rings. The fourth-order valence-corrected chi connectivity index (χ4v) is 8.39. The molecule has 2 amide bonds. The fourth-order valence-electron chi connectivity index (χ4n) is 4.75. The second kappa shape index (κ2) is 34.9. The highest BCUT2D eigenvalue weighted by Crippen LogP contribution is 2.18. The van der Waals surface area contributed by atoms with Crippen LogP contribution in [0.15, 0.2) is 0 Å². The Labute approximate surface area is 324 Å². The molecule has 6 N–H and O–H groups in total. The number of nitrogens with zero attached hydrogens (tertiary/aromatic N) is 1. The molecule has 53 heavy (non-hydrogen) atoms. The Morgan fingerprint density at radius 1 is 0.811 bits per heavy atom. The fraction of sp³-hybridized carbons (Fsp3) is 0.917. The summed E-state index contributed by atoms with van der Waals surface area (Å²) in [4.78, 5) is 36.6. The Bertz CT molecular complexity index is 891. The summed E-state index contributed by atoms with van der Waals surface area (Å²) in [5.74, 6) is 1.36. The van der Waals surface area contributed by atoms with Gasteiger partial charge >= 0.3 is 20.9 Å². The zero-order valence-corrected chi connectivity index (χ0v) is 35.8. The normalized spacial score (nSPS) is 14.4. The number of aliphatic hydroxyl groups is 4. The Kier molecular flexibility index (Phi) is 35.3. The molecule has 0 rings (SSSR count). The molecule has 0 aromatic heterocycles. The lowest BCUT2D eigenvalue weighted by molar-refractivity contribution is -0.146. The summed E-state index contributed by atoms with van der Waals surface area (Å²) < 4.78 is 27.4. The zero-order chi connectivity index (χ0) is 40.5. The summed E-state index contributed by atoms with van der Waals surface area (Å²) in [7, 11) is -2.67. The van der Waals surface area contributed by atoms with Gasteiger partial charge in [-0.05, 0) is 58.1 Å². The first-order valence-electron chi connectivity index (χ1n) is 19.4. The molecular weight excluding hydrogens is 727 g/mol. The topological polar surface area (TPSA) is 206 Å². The van der Waals surface area contributed by atoms with Crippen molar-refractivity contribution in [1.29, 1.82) is 0 Å². The molecule has 0 fully saturated rings. The van der Waals surface area contributed by atoms with Crippen molar-refractivity contribution in [3.63, 3.8) is 0 Å². The summed E-state index contributed by atoms with van der Waals surface area (Å²) in [6, 6.07) is 0.633. The summed E-state index contributed by atoms with van der Waals surface area (Å²) in [6.07, 6.45) is 2.52. The van der Waals surface area contributed by atoms with Crippen molar-refractivity contribution in [3.8, 4) is 0 Å². The van der Waals surface area contributed by atoms with Crippen LogP contribution in [0.1, 0.15) is 93.9 Å². The number of ether oxygens (including phenoxy) is 2. The van der Waals surface area contributed by atoms with Crippen LogP contribution in [0.25, 0.3) is 0 Å². The van der Waals surface area contributed by atoms with Crippen LogP contribution >= 0.6 is 11.8 Å². The molecule has 17 heteroatoms. The van der Waals surface area contributed by atoms with Crippen molar-refractivity contribution < 1.29 is 57.6 Å². The van der Waals surface area contributed by atoms with Gasteiger partial charge in [0.15, 0.2) is 0 Å². The van der Waals surface area contributed by atoms with E-state index in [0.717, 1.165) is 19.3 Å². The SMILES string of the molecule is CCC(C)CCC(O)COC(=O)CCSCC(C)C(O)N(CCO)CCO.CCO[Si](CCCNC(=O)OCCNC(=O)C(C)CC)(OCC)OCC. The van der Waals surface area contributed by atoms with Gasteiger partial charge in [-0.3, -0.25) is 14.5 Å². The molecule has 0 bridgehead atoms. The predicted octanol–water partition coefficient (Wildman–Crippen LogP) is 3.39. The number of rotatable bonds is 32. The molecule has 0 aliphatic rings. The van der Waals surface area contributed by atoms with Crippen LogP contribution in [0.3, 0.4) is 0 Å². The van der Waals surface area contributed by atoms with Crippen LogP contribution in [0, 0.1) is 17.8 Å². The minimum Gasteiger partial charge on any atom is -0.463 e. The van der Waals surface area contributed by atoms with Gasteiger partial charge in [-0.15, -0.1) is 0 Å². The highest BCUT2D eigenvalue weighted by Gasteiger charge is 2.39. The molecule has 0 radical (unpaired) electrons. The highest BCUT2D eigenvalue weighted by atomic mass is 32.2. The smallest absolute Gasteiger partial charge is 0.463 e. The Balaban J connectivity index is 0. The maximum absolute atomic E-state index is 11.7. The van der Waals surface area contributed by atoms with Gasteiger partial charge in [0.25, 0.3) is 0 Å². The third-order valence-corrected chi connectivity index (χ3v) is 12.7. The molecule has 5 unspecified atom stereocenters. The van der Waals surface area contributed by atoms with Crippen LogP contribution < -0.4 is 10.6 Å². The van der Waals surface area contributed by atoms with Crippen LogP contribution in [-0.2, 0) is 32.3 Å². The number of thioether (sulfide) groups is 1. The minimum atomic E-state index is -2.67. The second-order valence-corrected chi connectivity index (χ2v) is 16.8. The standard InChI is InChI=1S/C19H39NO6S.C17H36N2O6Si/c1-4-15(2)5-6-17(23)13-26-18(24)7-12-27-14-16(3)19(25)20(8-10-21)9-11-22;1-6-15(5)16(20)18-12-13-22-17(21)19-11-10-14-26(23-7-2,24-8-3)25-9-4/h15-17,19,21-23,25H,4-14H2,1-3H3;15H,6-14H2,1-5H3,(H,18,20)(H,19,21). The van der Waals surface area contributed by atoms with Gasteiger partial charge in [0.05, 0.1) is 32.3 Å². The number of nitrogens with one attached hydrogen (secondary N) is 2. The lowest BCUT2D eigenvalue weighted by Crippen LogP contribution is -2.46. The molecular formula is C36H75N3O12SSi. The number of hydrogen-bond donors (Lipinski definition) is 6. The van der Waals surface area contributed by atoms with Gasteiger partial charge in [0.2, 0.25) is 5.91 Å². The van der Waals surface area contributed by atoms with E-state index in [1.54, 1.807) is 16.7 Å². The minimum absolute atomic E-state index is 0.0272. The van der Waals surface area contributed by atoms with Crippen molar-refractivity contribution in [1.82, 2.24) is 15.5 Å². The van der Waals surface area contributed by atoms with E-state index in [-0.39, 0.29) is 56.6 Å². The molecule has 0 saturated carbocycles. The predicted molar refractivity (Wildman–Crippen MR) is 210 cm³/mol. The van der Waals surface area contributed by atoms with E-state index in [4.69, 9.17) is 33.0 Å². The molecule has 0 heterocycles. The molecule has 0 aliphatic heterocycles. The summed E-state index contributed by atoms with van der Waals surface area (Å²) in [5.41, 5.74) is 0. The van der Waals surface area contributed by atoms with Crippen LogP contribution in [0.2, 0.25) is 6.04 Å². The third kappa shape index (κ3) is 28.5. The number of carbonyl (C=O) groups excluding carboxylic acids is 3. The van der Waals surface area contributed by atoms with E-state index < -0.39 is 27.2 Å². The molecule has 0 spiro atoms. The third-order valence-electron chi connectivity index (χ3n) is 8.33. The lowest BCUT2D eigenvalue weighted by atomic mass is 10.0. The lowest BCUT2D eigenvalue weighted by Gasteiger charge is -2.30. The Morgan fingerprint density at radius 3 is 1.94 bits per heavy atom. The van der Waals surface area contributed by atoms with Crippen LogP contribution in [-0.4, -0.2) is 148 Å². The van der Waals surface area contributed by atoms with Crippen molar-refractivity contribution in [2.24, 2.45) is 17.8 Å². The van der Waals surface area contributed by atoms with E-state index in [1.165, 1.54) is 0 Å². The number of alkyl carbamates (subject to hydrolysis) is 1. The maximum atomic E-state index is 11.7. The average Bonchev–Trinajstić information content (AvgIpc) is 3.14. The van der Waals surface area contributed by atoms with E-state index >= 15 is 0 Å². The summed E-state index contributed by atoms with van der Waals surface area (Å²) in [5, 5.41) is 43.6. The van der Waals surface area contributed by atoms with Gasteiger partial charge in [-0.25, -0.2) is 4.79 Å². The highest BCUT2D eigenvalue weighted by molar-refractivity contribution is 7.99. The first kappa shape index (κ1) is 53.6. The van der Waals surface area contributed by atoms with E-state index in [9.17, 15) is 24.6 Å². The van der Waals surface area contributed by atoms with Crippen molar-refractivity contribution in [2.75, 3.05) is 83.9 Å². The van der Waals surface area contributed by atoms with Gasteiger partial charge < -0.3 is 53.8 Å². The van der Waals surface area contributed by atoms with Crippen LogP contribution in [0.5, 0.6) is 0 Å². The maximum Gasteiger partial charge on any atom is 0.500 e. The summed E-state index contributed by atoms with van der Waals surface area (Å²) in [6.45, 7) is 18.7. The number of carbonyl (C=O) groups is 3. The monoisotopic (exact) mass is 801 g/mol. The molecule has 0 aliphatic carbocycles. The zero-order valence-electron chi connectivity index (χ0n) is 33.9. The van der Waals surface area contributed by atoms with Crippen molar-refractivity contribution in [2.45, 2.75) is 112 Å². The molecule has 5 atom stereocenters. The van der Waals surface area contributed by atoms with Crippen molar-refractivity contribution >= 4 is 38.5 Å². The van der Waals surface area contributed by atoms with Gasteiger partial charge in [0.1, 0.15) is 19.4 Å². The first-order valence-corrected chi connectivity index (χ1v) is 22.5. The number of amides is 2. The Morgan fingerprint density at radius 2 is 1.42 bits per heavy atom. The number of esters is 1. The molecule has 0 saturated heterocycles. The largest absolute Gasteiger partial charge is 0.500 e. The number of aliphatic hydroxyl groups excluding tert-OH is 4. The van der Waals surface area contributed by atoms with E-state index in [0.29, 0.717) is 82.3 Å². The van der Waals surface area contributed by atoms with Crippen molar-refractivity contribution in [3.05, 3.63) is 0 Å². The summed E-state index contributed by atoms with van der Waals surface area (Å²) >= 11 is 1.55. The molecule has 15 nitrogen and oxygen atoms in total. The first-order chi connectivity index (χ1) is 25.3. The average molecular weight is 802 g/mol. The van der Waals surface area contributed by atoms with Gasteiger partial charge in [-0.2, -0.15) is 11.8 Å². The molecule has 316 valence electrons. The number of hydrogen-bond acceptors (Lipinski definition) is 14. The van der Waals surface area contributed by atoms with E-state index in [2.05, 4.69) is 24.5 Å². The van der Waals surface area contributed by atoms with E-state index in [1.807, 2.05) is 41.5 Å². The van der Waals surface area contributed by atoms with Gasteiger partial charge in [0, 0.05) is 63.1 Å². The Hall–Kier alpha value is -1.54.